The van der Waals surface area contributed by atoms with Gasteiger partial charge in [0, 0.05) is 54.9 Å². The minimum absolute atomic E-state index is 0.0550. The fourth-order valence-electron chi connectivity index (χ4n) is 5.84. The quantitative estimate of drug-likeness (QED) is 0.222. The average Bonchev–Trinajstić information content (AvgIpc) is 3.38. The van der Waals surface area contributed by atoms with Crippen LogP contribution in [-0.2, 0) is 11.3 Å². The van der Waals surface area contributed by atoms with E-state index in [-0.39, 0.29) is 41.1 Å². The molecule has 2 aliphatic rings. The molecule has 3 aromatic rings. The normalized spacial score (nSPS) is 16.7. The van der Waals surface area contributed by atoms with Crippen molar-refractivity contribution in [2.45, 2.75) is 53.2 Å². The summed E-state index contributed by atoms with van der Waals surface area (Å²) in [7, 11) is 1.60. The molecule has 2 aliphatic heterocycles. The van der Waals surface area contributed by atoms with E-state index < -0.39 is 0 Å². The number of nitrogen functional groups attached to an aromatic ring is 1. The van der Waals surface area contributed by atoms with Gasteiger partial charge in [-0.2, -0.15) is 4.98 Å². The zero-order valence-electron chi connectivity index (χ0n) is 25.0. The maximum atomic E-state index is 13.9. The summed E-state index contributed by atoms with van der Waals surface area (Å²) in [6.07, 6.45) is 4.65. The molecule has 0 aliphatic carbocycles. The number of aromatic amines is 1. The summed E-state index contributed by atoms with van der Waals surface area (Å²) >= 11 is 6.55. The number of nitrogens with two attached hydrogens (primary N) is 1. The number of anilines is 2. The molecule has 0 radical (unpaired) electrons. The Labute approximate surface area is 255 Å². The average molecular weight is 609 g/mol. The molecule has 0 saturated carbocycles. The monoisotopic (exact) mass is 608 g/mol. The topological polar surface area (TPSA) is 163 Å². The largest absolute Gasteiger partial charge is 0.496 e. The summed E-state index contributed by atoms with van der Waals surface area (Å²) in [6.45, 7) is 10.4. The first-order valence-electron chi connectivity index (χ1n) is 14.2. The van der Waals surface area contributed by atoms with Gasteiger partial charge in [0.2, 0.25) is 5.95 Å². The van der Waals surface area contributed by atoms with Crippen LogP contribution in [0.2, 0.25) is 5.15 Å². The van der Waals surface area contributed by atoms with Gasteiger partial charge in [-0.15, -0.1) is 0 Å². The Balaban J connectivity index is 1.42. The number of fused-ring (bicyclic) bond motifs is 1. The molecule has 5 heterocycles. The van der Waals surface area contributed by atoms with Crippen LogP contribution in [0.25, 0.3) is 11.6 Å². The highest BCUT2D eigenvalue weighted by molar-refractivity contribution is 6.41. The van der Waals surface area contributed by atoms with Gasteiger partial charge in [0.05, 0.1) is 42.2 Å². The predicted octanol–water partition coefficient (Wildman–Crippen LogP) is 2.95. The maximum Gasteiger partial charge on any atom is 0.260 e. The van der Waals surface area contributed by atoms with Crippen molar-refractivity contribution >= 4 is 46.8 Å². The van der Waals surface area contributed by atoms with Crippen molar-refractivity contribution < 1.29 is 19.4 Å². The number of aliphatic hydroxyl groups is 1. The highest BCUT2D eigenvalue weighted by Crippen LogP contribution is 2.42. The lowest BCUT2D eigenvalue weighted by Crippen LogP contribution is -2.40. The summed E-state index contributed by atoms with van der Waals surface area (Å²) in [4.78, 5) is 47.1. The second kappa shape index (κ2) is 12.3. The van der Waals surface area contributed by atoms with Crippen molar-refractivity contribution in [2.24, 2.45) is 0 Å². The number of amides is 2. The van der Waals surface area contributed by atoms with Gasteiger partial charge in [-0.1, -0.05) is 11.6 Å². The van der Waals surface area contributed by atoms with Crippen molar-refractivity contribution in [3.05, 3.63) is 56.2 Å². The van der Waals surface area contributed by atoms with E-state index in [0.29, 0.717) is 58.4 Å². The number of methoxy groups -OCH3 is 1. The molecule has 1 saturated heterocycles. The molecule has 0 atom stereocenters. The number of rotatable bonds is 8. The number of halogens is 1. The number of hydrogen-bond acceptors (Lipinski definition) is 9. The number of nitrogens with zero attached hydrogens (tertiary/aromatic N) is 5. The molecule has 5 N–H and O–H groups in total. The second-order valence-electron chi connectivity index (χ2n) is 11.1. The van der Waals surface area contributed by atoms with E-state index in [0.717, 1.165) is 37.1 Å². The molecular formula is C30H37ClN8O4. The van der Waals surface area contributed by atoms with Crippen LogP contribution in [0.3, 0.4) is 0 Å². The van der Waals surface area contributed by atoms with E-state index >= 15 is 0 Å². The van der Waals surface area contributed by atoms with Crippen LogP contribution in [0, 0.1) is 27.7 Å². The Kier molecular flexibility index (Phi) is 8.72. The molecule has 43 heavy (non-hydrogen) atoms. The SMILES string of the molecule is COc1c(C)cnc(CN2C(=O)/C(=C\c3[nH]c(C)c(C(=O)NCCN4CCC(O)CC4)c3C)c3c(Cl)nc(N)nc32)c1C. The molecule has 12 nitrogen and oxygen atoms in total. The zero-order chi connectivity index (χ0) is 31.0. The van der Waals surface area contributed by atoms with Crippen molar-refractivity contribution in [1.29, 1.82) is 0 Å². The zero-order valence-corrected chi connectivity index (χ0v) is 25.8. The molecule has 0 unspecified atom stereocenters. The smallest absolute Gasteiger partial charge is 0.260 e. The van der Waals surface area contributed by atoms with E-state index in [1.54, 1.807) is 19.4 Å². The minimum Gasteiger partial charge on any atom is -0.496 e. The van der Waals surface area contributed by atoms with Gasteiger partial charge in [-0.25, -0.2) is 4.98 Å². The predicted molar refractivity (Wildman–Crippen MR) is 165 cm³/mol. The first kappa shape index (κ1) is 30.5. The lowest BCUT2D eigenvalue weighted by molar-refractivity contribution is -0.113. The highest BCUT2D eigenvalue weighted by Gasteiger charge is 2.38. The lowest BCUT2D eigenvalue weighted by atomic mass is 10.1. The standard InChI is InChI=1S/C30H37ClN8O4/c1-15-13-34-22(17(3)25(15)43-5)14-39-27-24(26(31)36-30(32)37-27)20(29(39)42)12-21-16(2)23(18(4)35-21)28(41)33-8-11-38-9-6-19(40)7-10-38/h12-13,19,35,40H,6-11,14H2,1-5H3,(H,33,41)(H2,32,36,37)/b20-12-. The Bertz CT molecular complexity index is 1610. The minimum atomic E-state index is -0.346. The van der Waals surface area contributed by atoms with Crippen LogP contribution in [0.15, 0.2) is 6.20 Å². The molecule has 0 bridgehead atoms. The summed E-state index contributed by atoms with van der Waals surface area (Å²) in [5.74, 6) is 0.392. The van der Waals surface area contributed by atoms with Crippen molar-refractivity contribution in [2.75, 3.05) is 43.9 Å². The van der Waals surface area contributed by atoms with Gasteiger partial charge in [0.15, 0.2) is 5.82 Å². The third kappa shape index (κ3) is 5.95. The molecule has 13 heteroatoms. The summed E-state index contributed by atoms with van der Waals surface area (Å²) in [5.41, 5.74) is 11.4. The molecule has 228 valence electrons. The molecular weight excluding hydrogens is 572 g/mol. The van der Waals surface area contributed by atoms with Crippen molar-refractivity contribution in [3.8, 4) is 5.75 Å². The van der Waals surface area contributed by atoms with Gasteiger partial charge < -0.3 is 30.8 Å². The highest BCUT2D eigenvalue weighted by atomic mass is 35.5. The number of piperidine rings is 1. The van der Waals surface area contributed by atoms with Crippen molar-refractivity contribution in [3.63, 3.8) is 0 Å². The van der Waals surface area contributed by atoms with E-state index in [1.807, 2.05) is 27.7 Å². The number of hydrogen-bond donors (Lipinski definition) is 4. The number of aliphatic hydroxyl groups excluding tert-OH is 1. The van der Waals surface area contributed by atoms with Crippen molar-refractivity contribution in [1.82, 2.24) is 30.2 Å². The summed E-state index contributed by atoms with van der Waals surface area (Å²) < 4.78 is 5.55. The maximum absolute atomic E-state index is 13.9. The summed E-state index contributed by atoms with van der Waals surface area (Å²) in [6, 6.07) is 0. The van der Waals surface area contributed by atoms with Gasteiger partial charge in [-0.3, -0.25) is 19.5 Å². The first-order chi connectivity index (χ1) is 20.5. The molecule has 3 aromatic heterocycles. The Morgan fingerprint density at radius 1 is 1.23 bits per heavy atom. The Morgan fingerprint density at radius 2 is 1.95 bits per heavy atom. The van der Waals surface area contributed by atoms with Crippen LogP contribution in [0.4, 0.5) is 11.8 Å². The lowest BCUT2D eigenvalue weighted by Gasteiger charge is -2.29. The van der Waals surface area contributed by atoms with Crippen LogP contribution >= 0.6 is 11.6 Å². The Hall–Kier alpha value is -4.00. The third-order valence-corrected chi connectivity index (χ3v) is 8.46. The van der Waals surface area contributed by atoms with E-state index in [2.05, 4.69) is 30.2 Å². The number of likely N-dealkylation sites (tertiary alicyclic amines) is 1. The second-order valence-corrected chi connectivity index (χ2v) is 11.4. The van der Waals surface area contributed by atoms with Gasteiger partial charge in [0.1, 0.15) is 10.9 Å². The number of aromatic nitrogens is 4. The van der Waals surface area contributed by atoms with Gasteiger partial charge in [0.25, 0.3) is 11.8 Å². The molecule has 0 aromatic carbocycles. The number of pyridine rings is 1. The third-order valence-electron chi connectivity index (χ3n) is 8.18. The van der Waals surface area contributed by atoms with Gasteiger partial charge in [-0.05, 0) is 52.2 Å². The van der Waals surface area contributed by atoms with Crippen LogP contribution in [0.5, 0.6) is 5.75 Å². The number of ether oxygens (including phenoxy) is 1. The number of carbonyl (C=O) groups excluding carboxylic acids is 2. The Morgan fingerprint density at radius 3 is 2.65 bits per heavy atom. The van der Waals surface area contributed by atoms with Gasteiger partial charge >= 0.3 is 0 Å². The van der Waals surface area contributed by atoms with E-state index in [9.17, 15) is 14.7 Å². The van der Waals surface area contributed by atoms with Crippen LogP contribution in [-0.4, -0.2) is 81.1 Å². The van der Waals surface area contributed by atoms with E-state index in [1.165, 1.54) is 4.90 Å². The fourth-order valence-corrected chi connectivity index (χ4v) is 6.11. The number of H-pyrrole nitrogens is 1. The van der Waals surface area contributed by atoms with Crippen LogP contribution in [0.1, 0.15) is 62.5 Å². The fraction of sp³-hybridized carbons (Fsp3) is 0.433. The van der Waals surface area contributed by atoms with Crippen LogP contribution < -0.4 is 20.7 Å². The summed E-state index contributed by atoms with van der Waals surface area (Å²) in [5, 5.41) is 12.8. The molecule has 1 fully saturated rings. The first-order valence-corrected chi connectivity index (χ1v) is 14.6. The number of carbonyl (C=O) groups is 2. The molecule has 0 spiro atoms. The molecule has 5 rings (SSSR count). The van der Waals surface area contributed by atoms with E-state index in [4.69, 9.17) is 22.1 Å². The number of nitrogens with one attached hydrogen (secondary N) is 2. The number of aryl methyl sites for hydroxylation is 2. The molecule has 2 amide bonds.